The molecule has 0 amide bonds. The third-order valence-corrected chi connectivity index (χ3v) is 6.06. The molecule has 29 heavy (non-hydrogen) atoms. The highest BCUT2D eigenvalue weighted by Gasteiger charge is 2.25. The van der Waals surface area contributed by atoms with Crippen LogP contribution in [0.2, 0.25) is 0 Å². The standard InChI is InChI=1S/C20H24F2N2O4S/c1-27-19-4-2-3-16(11-19)20(24-5-7-28-8-6-24)13-23-29(25,26)14-15-9-17(21)12-18(22)10-15/h2-4,9-12,20,23H,5-8,13-14H2,1H3/t20-/m0/s1. The van der Waals surface area contributed by atoms with E-state index < -0.39 is 27.4 Å². The predicted octanol–water partition coefficient (Wildman–Crippen LogP) is 2.47. The van der Waals surface area contributed by atoms with Crippen molar-refractivity contribution in [3.8, 4) is 5.75 Å². The molecule has 1 heterocycles. The lowest BCUT2D eigenvalue weighted by Crippen LogP contribution is -2.44. The van der Waals surface area contributed by atoms with Crippen molar-refractivity contribution in [2.75, 3.05) is 40.0 Å². The van der Waals surface area contributed by atoms with E-state index in [4.69, 9.17) is 9.47 Å². The molecule has 0 spiro atoms. The Morgan fingerprint density at radius 1 is 1.14 bits per heavy atom. The fourth-order valence-electron chi connectivity index (χ4n) is 3.37. The minimum atomic E-state index is -3.80. The van der Waals surface area contributed by atoms with Crippen molar-refractivity contribution >= 4 is 10.0 Å². The fraction of sp³-hybridized carbons (Fsp3) is 0.400. The summed E-state index contributed by atoms with van der Waals surface area (Å²) in [6.45, 7) is 2.58. The Labute approximate surface area is 169 Å². The molecular weight excluding hydrogens is 402 g/mol. The van der Waals surface area contributed by atoms with Crippen LogP contribution < -0.4 is 9.46 Å². The second-order valence-corrected chi connectivity index (χ2v) is 8.63. The number of nitrogens with one attached hydrogen (secondary N) is 1. The number of hydrogen-bond acceptors (Lipinski definition) is 5. The maximum atomic E-state index is 13.4. The number of methoxy groups -OCH3 is 1. The molecule has 1 N–H and O–H groups in total. The molecule has 0 radical (unpaired) electrons. The molecule has 0 bridgehead atoms. The summed E-state index contributed by atoms with van der Waals surface area (Å²) >= 11 is 0. The van der Waals surface area contributed by atoms with Gasteiger partial charge in [-0.1, -0.05) is 12.1 Å². The van der Waals surface area contributed by atoms with Crippen molar-refractivity contribution in [3.05, 3.63) is 65.2 Å². The molecule has 0 aromatic heterocycles. The van der Waals surface area contributed by atoms with Crippen LogP contribution in [-0.2, 0) is 20.5 Å². The van der Waals surface area contributed by atoms with Crippen LogP contribution in [0.3, 0.4) is 0 Å². The first-order chi connectivity index (χ1) is 13.9. The Morgan fingerprint density at radius 3 is 2.48 bits per heavy atom. The molecule has 2 aromatic carbocycles. The van der Waals surface area contributed by atoms with Crippen LogP contribution in [0, 0.1) is 11.6 Å². The van der Waals surface area contributed by atoms with Crippen molar-refractivity contribution in [2.24, 2.45) is 0 Å². The van der Waals surface area contributed by atoms with Gasteiger partial charge in [-0.15, -0.1) is 0 Å². The summed E-state index contributed by atoms with van der Waals surface area (Å²) in [7, 11) is -2.22. The Bertz CT molecular complexity index is 914. The second-order valence-electron chi connectivity index (χ2n) is 6.83. The molecule has 9 heteroatoms. The van der Waals surface area contributed by atoms with Gasteiger partial charge >= 0.3 is 0 Å². The number of halogens is 2. The normalized spacial score (nSPS) is 16.5. The lowest BCUT2D eigenvalue weighted by Gasteiger charge is -2.35. The second kappa shape index (κ2) is 9.62. The summed E-state index contributed by atoms with van der Waals surface area (Å²) in [5.74, 6) is -1.44. The lowest BCUT2D eigenvalue weighted by atomic mass is 10.0. The van der Waals surface area contributed by atoms with Crippen LogP contribution in [0.15, 0.2) is 42.5 Å². The minimum absolute atomic E-state index is 0.0549. The molecular formula is C20H24F2N2O4S. The van der Waals surface area contributed by atoms with E-state index in [0.29, 0.717) is 38.1 Å². The Hall–Kier alpha value is -2.07. The van der Waals surface area contributed by atoms with Crippen LogP contribution in [0.5, 0.6) is 5.75 Å². The molecule has 3 rings (SSSR count). The highest BCUT2D eigenvalue weighted by molar-refractivity contribution is 7.88. The smallest absolute Gasteiger partial charge is 0.215 e. The van der Waals surface area contributed by atoms with Crippen LogP contribution in [0.25, 0.3) is 0 Å². The molecule has 2 aromatic rings. The van der Waals surface area contributed by atoms with E-state index in [1.165, 1.54) is 0 Å². The third kappa shape index (κ3) is 6.20. The SMILES string of the molecule is COc1cccc([C@H](CNS(=O)(=O)Cc2cc(F)cc(F)c2)N2CCOCC2)c1. The number of hydrogen-bond donors (Lipinski definition) is 1. The quantitative estimate of drug-likeness (QED) is 0.703. The van der Waals surface area contributed by atoms with Gasteiger partial charge in [0.05, 0.1) is 26.1 Å². The van der Waals surface area contributed by atoms with Crippen LogP contribution in [-0.4, -0.2) is 53.3 Å². The largest absolute Gasteiger partial charge is 0.497 e. The topological polar surface area (TPSA) is 67.9 Å². The molecule has 1 saturated heterocycles. The average Bonchev–Trinajstić information content (AvgIpc) is 2.68. The van der Waals surface area contributed by atoms with Crippen molar-refractivity contribution in [1.82, 2.24) is 9.62 Å². The van der Waals surface area contributed by atoms with E-state index in [1.54, 1.807) is 7.11 Å². The van der Waals surface area contributed by atoms with E-state index in [-0.39, 0.29) is 18.2 Å². The van der Waals surface area contributed by atoms with Gasteiger partial charge in [-0.05, 0) is 35.4 Å². The van der Waals surface area contributed by atoms with Crippen molar-refractivity contribution in [2.45, 2.75) is 11.8 Å². The molecule has 1 aliphatic rings. The van der Waals surface area contributed by atoms with E-state index >= 15 is 0 Å². The molecule has 158 valence electrons. The summed E-state index contributed by atoms with van der Waals surface area (Å²) in [4.78, 5) is 2.14. The van der Waals surface area contributed by atoms with E-state index in [9.17, 15) is 17.2 Å². The number of ether oxygens (including phenoxy) is 2. The van der Waals surface area contributed by atoms with E-state index in [0.717, 1.165) is 17.7 Å². The van der Waals surface area contributed by atoms with Crippen molar-refractivity contribution in [1.29, 1.82) is 0 Å². The molecule has 1 fully saturated rings. The average molecular weight is 426 g/mol. The van der Waals surface area contributed by atoms with Gasteiger partial charge < -0.3 is 9.47 Å². The first-order valence-corrected chi connectivity index (χ1v) is 10.9. The third-order valence-electron chi connectivity index (χ3n) is 4.74. The van der Waals surface area contributed by atoms with Gasteiger partial charge in [0, 0.05) is 31.7 Å². The van der Waals surface area contributed by atoms with Crippen molar-refractivity contribution in [3.63, 3.8) is 0 Å². The van der Waals surface area contributed by atoms with E-state index in [2.05, 4.69) is 9.62 Å². The molecule has 1 atom stereocenters. The minimum Gasteiger partial charge on any atom is -0.497 e. The van der Waals surface area contributed by atoms with Crippen LogP contribution in [0.1, 0.15) is 17.2 Å². The highest BCUT2D eigenvalue weighted by atomic mass is 32.2. The monoisotopic (exact) mass is 426 g/mol. The molecule has 1 aliphatic heterocycles. The summed E-state index contributed by atoms with van der Waals surface area (Å²) < 4.78 is 65.1. The first-order valence-electron chi connectivity index (χ1n) is 9.24. The molecule has 0 aliphatic carbocycles. The Kier molecular flexibility index (Phi) is 7.18. The maximum absolute atomic E-state index is 13.4. The lowest BCUT2D eigenvalue weighted by molar-refractivity contribution is 0.0171. The predicted molar refractivity (Wildman–Crippen MR) is 105 cm³/mol. The zero-order chi connectivity index (χ0) is 20.9. The van der Waals surface area contributed by atoms with Gasteiger partial charge in [-0.2, -0.15) is 0 Å². The number of morpholine rings is 1. The Balaban J connectivity index is 1.76. The van der Waals surface area contributed by atoms with Gasteiger partial charge in [0.1, 0.15) is 17.4 Å². The summed E-state index contributed by atoms with van der Waals surface area (Å²) in [5, 5.41) is 0. The van der Waals surface area contributed by atoms with Crippen LogP contribution >= 0.6 is 0 Å². The van der Waals surface area contributed by atoms with Gasteiger partial charge in [0.15, 0.2) is 0 Å². The zero-order valence-corrected chi connectivity index (χ0v) is 16.9. The fourth-order valence-corrected chi connectivity index (χ4v) is 4.49. The van der Waals surface area contributed by atoms with Gasteiger partial charge in [0.25, 0.3) is 0 Å². The van der Waals surface area contributed by atoms with Crippen molar-refractivity contribution < 1.29 is 26.7 Å². The van der Waals surface area contributed by atoms with Gasteiger partial charge in [0.2, 0.25) is 10.0 Å². The number of sulfonamides is 1. The molecule has 0 unspecified atom stereocenters. The van der Waals surface area contributed by atoms with Gasteiger partial charge in [-0.3, -0.25) is 4.90 Å². The summed E-state index contributed by atoms with van der Waals surface area (Å²) in [6.07, 6.45) is 0. The summed E-state index contributed by atoms with van der Waals surface area (Å²) in [6, 6.07) is 9.98. The first kappa shape index (κ1) is 21.6. The highest BCUT2D eigenvalue weighted by Crippen LogP contribution is 2.25. The molecule has 6 nitrogen and oxygen atoms in total. The maximum Gasteiger partial charge on any atom is 0.215 e. The number of rotatable bonds is 8. The Morgan fingerprint density at radius 2 is 1.83 bits per heavy atom. The zero-order valence-electron chi connectivity index (χ0n) is 16.1. The van der Waals surface area contributed by atoms with Gasteiger partial charge in [-0.25, -0.2) is 21.9 Å². The number of benzene rings is 2. The van der Waals surface area contributed by atoms with E-state index in [1.807, 2.05) is 24.3 Å². The summed E-state index contributed by atoms with van der Waals surface area (Å²) in [5.41, 5.74) is 0.963. The number of nitrogens with zero attached hydrogens (tertiary/aromatic N) is 1. The molecule has 0 saturated carbocycles. The van der Waals surface area contributed by atoms with Crippen LogP contribution in [0.4, 0.5) is 8.78 Å².